The van der Waals surface area contributed by atoms with Gasteiger partial charge in [0.15, 0.2) is 0 Å². The fourth-order valence-electron chi connectivity index (χ4n) is 2.17. The molecule has 0 bridgehead atoms. The molecular formula is C13H20N2. The van der Waals surface area contributed by atoms with E-state index in [9.17, 15) is 0 Å². The highest BCUT2D eigenvalue weighted by Crippen LogP contribution is 2.14. The van der Waals surface area contributed by atoms with E-state index in [-0.39, 0.29) is 0 Å². The Bertz CT molecular complexity index is 278. The summed E-state index contributed by atoms with van der Waals surface area (Å²) < 4.78 is 0. The first-order valence-electron chi connectivity index (χ1n) is 5.92. The van der Waals surface area contributed by atoms with Crippen LogP contribution >= 0.6 is 0 Å². The first-order chi connectivity index (χ1) is 7.36. The minimum Gasteiger partial charge on any atom is -0.370 e. The standard InChI is InChI=1S/C13H20N2/c1-12(15-10-6-3-7-11-15)14-13-8-4-2-5-9-13/h2,4-5,8-9,12,14H,3,6-7,10-11H2,1H3. The first-order valence-corrected chi connectivity index (χ1v) is 5.92. The van der Waals surface area contributed by atoms with E-state index < -0.39 is 0 Å². The number of anilines is 1. The van der Waals surface area contributed by atoms with E-state index >= 15 is 0 Å². The van der Waals surface area contributed by atoms with E-state index in [0.29, 0.717) is 6.17 Å². The fourth-order valence-corrected chi connectivity index (χ4v) is 2.17. The van der Waals surface area contributed by atoms with Gasteiger partial charge in [-0.05, 0) is 31.9 Å². The van der Waals surface area contributed by atoms with Crippen LogP contribution in [-0.4, -0.2) is 24.2 Å². The van der Waals surface area contributed by atoms with Crippen LogP contribution in [0, 0.1) is 0 Å². The lowest BCUT2D eigenvalue weighted by Gasteiger charge is -2.33. The number of rotatable bonds is 3. The van der Waals surface area contributed by atoms with Crippen molar-refractivity contribution >= 4 is 5.69 Å². The van der Waals surface area contributed by atoms with Gasteiger partial charge < -0.3 is 5.32 Å². The number of nitrogens with zero attached hydrogens (tertiary/aromatic N) is 1. The van der Waals surface area contributed by atoms with Gasteiger partial charge in [-0.25, -0.2) is 0 Å². The van der Waals surface area contributed by atoms with Crippen molar-refractivity contribution in [2.75, 3.05) is 18.4 Å². The van der Waals surface area contributed by atoms with Crippen molar-refractivity contribution in [3.05, 3.63) is 30.3 Å². The summed E-state index contributed by atoms with van der Waals surface area (Å²) in [6.07, 6.45) is 4.55. The first kappa shape index (κ1) is 10.5. The molecule has 1 N–H and O–H groups in total. The Kier molecular flexibility index (Phi) is 3.62. The van der Waals surface area contributed by atoms with Gasteiger partial charge >= 0.3 is 0 Å². The second kappa shape index (κ2) is 5.17. The minimum absolute atomic E-state index is 0.452. The molecule has 1 aromatic carbocycles. The molecule has 1 saturated heterocycles. The molecule has 2 heteroatoms. The molecule has 0 saturated carbocycles. The molecule has 0 radical (unpaired) electrons. The van der Waals surface area contributed by atoms with Crippen molar-refractivity contribution in [2.45, 2.75) is 32.4 Å². The lowest BCUT2D eigenvalue weighted by atomic mass is 10.1. The molecule has 1 aliphatic heterocycles. The zero-order valence-electron chi connectivity index (χ0n) is 9.45. The van der Waals surface area contributed by atoms with Gasteiger partial charge in [-0.1, -0.05) is 24.6 Å². The van der Waals surface area contributed by atoms with Gasteiger partial charge in [0.25, 0.3) is 0 Å². The maximum atomic E-state index is 3.54. The zero-order chi connectivity index (χ0) is 10.5. The summed E-state index contributed by atoms with van der Waals surface area (Å²) >= 11 is 0. The Morgan fingerprint density at radius 2 is 1.73 bits per heavy atom. The van der Waals surface area contributed by atoms with Crippen LogP contribution in [-0.2, 0) is 0 Å². The fraction of sp³-hybridized carbons (Fsp3) is 0.538. The maximum absolute atomic E-state index is 3.54. The molecule has 1 heterocycles. The quantitative estimate of drug-likeness (QED) is 0.814. The van der Waals surface area contributed by atoms with Crippen LogP contribution in [0.15, 0.2) is 30.3 Å². The molecule has 1 atom stereocenters. The van der Waals surface area contributed by atoms with E-state index in [4.69, 9.17) is 0 Å². The molecule has 0 aromatic heterocycles. The average molecular weight is 204 g/mol. The maximum Gasteiger partial charge on any atom is 0.0764 e. The number of para-hydroxylation sites is 1. The van der Waals surface area contributed by atoms with Crippen molar-refractivity contribution in [3.8, 4) is 0 Å². The van der Waals surface area contributed by atoms with Gasteiger partial charge in [0.1, 0.15) is 0 Å². The summed E-state index contributed by atoms with van der Waals surface area (Å²) in [6.45, 7) is 4.72. The van der Waals surface area contributed by atoms with Gasteiger partial charge in [-0.3, -0.25) is 4.90 Å². The Hall–Kier alpha value is -1.02. The van der Waals surface area contributed by atoms with E-state index in [1.54, 1.807) is 0 Å². The molecule has 1 aromatic rings. The van der Waals surface area contributed by atoms with E-state index in [0.717, 1.165) is 0 Å². The Labute approximate surface area is 92.3 Å². The van der Waals surface area contributed by atoms with Crippen LogP contribution in [0.5, 0.6) is 0 Å². The topological polar surface area (TPSA) is 15.3 Å². The van der Waals surface area contributed by atoms with Crippen molar-refractivity contribution in [1.82, 2.24) is 4.90 Å². The summed E-state index contributed by atoms with van der Waals surface area (Å²) in [5.41, 5.74) is 1.22. The van der Waals surface area contributed by atoms with Crippen molar-refractivity contribution in [1.29, 1.82) is 0 Å². The zero-order valence-corrected chi connectivity index (χ0v) is 9.45. The van der Waals surface area contributed by atoms with E-state index in [1.807, 2.05) is 0 Å². The highest BCUT2D eigenvalue weighted by atomic mass is 15.3. The van der Waals surface area contributed by atoms with Crippen LogP contribution in [0.4, 0.5) is 5.69 Å². The predicted octanol–water partition coefficient (Wildman–Crippen LogP) is 2.93. The van der Waals surface area contributed by atoms with Gasteiger partial charge in [-0.15, -0.1) is 0 Å². The highest BCUT2D eigenvalue weighted by molar-refractivity contribution is 5.43. The van der Waals surface area contributed by atoms with Crippen LogP contribution < -0.4 is 5.32 Å². The van der Waals surface area contributed by atoms with Crippen molar-refractivity contribution < 1.29 is 0 Å². The molecule has 2 nitrogen and oxygen atoms in total. The third-order valence-corrected chi connectivity index (χ3v) is 3.09. The number of nitrogens with one attached hydrogen (secondary N) is 1. The molecule has 1 unspecified atom stereocenters. The smallest absolute Gasteiger partial charge is 0.0764 e. The number of benzene rings is 1. The number of hydrogen-bond acceptors (Lipinski definition) is 2. The molecule has 0 aliphatic carbocycles. The Morgan fingerprint density at radius 1 is 1.07 bits per heavy atom. The second-order valence-corrected chi connectivity index (χ2v) is 4.28. The molecular weight excluding hydrogens is 184 g/mol. The summed E-state index contributed by atoms with van der Waals surface area (Å²) in [6, 6.07) is 10.5. The molecule has 2 rings (SSSR count). The summed E-state index contributed by atoms with van der Waals surface area (Å²) in [4.78, 5) is 2.52. The average Bonchev–Trinajstić information content (AvgIpc) is 2.31. The largest absolute Gasteiger partial charge is 0.370 e. The molecule has 1 aliphatic rings. The lowest BCUT2D eigenvalue weighted by molar-refractivity contribution is 0.190. The summed E-state index contributed by atoms with van der Waals surface area (Å²) in [5.74, 6) is 0. The summed E-state index contributed by atoms with van der Waals surface area (Å²) in [7, 11) is 0. The highest BCUT2D eigenvalue weighted by Gasteiger charge is 2.15. The second-order valence-electron chi connectivity index (χ2n) is 4.28. The number of piperidine rings is 1. The third-order valence-electron chi connectivity index (χ3n) is 3.09. The molecule has 0 amide bonds. The lowest BCUT2D eigenvalue weighted by Crippen LogP contribution is -2.41. The Balaban J connectivity index is 1.88. The van der Waals surface area contributed by atoms with Crippen LogP contribution in [0.2, 0.25) is 0 Å². The van der Waals surface area contributed by atoms with Crippen molar-refractivity contribution in [2.24, 2.45) is 0 Å². The van der Waals surface area contributed by atoms with Crippen LogP contribution in [0.1, 0.15) is 26.2 Å². The molecule has 1 fully saturated rings. The molecule has 0 spiro atoms. The summed E-state index contributed by atoms with van der Waals surface area (Å²) in [5, 5.41) is 3.54. The third kappa shape index (κ3) is 2.96. The van der Waals surface area contributed by atoms with E-state index in [2.05, 4.69) is 47.5 Å². The monoisotopic (exact) mass is 204 g/mol. The SMILES string of the molecule is CC(Nc1ccccc1)N1CCCCC1. The van der Waals surface area contributed by atoms with Crippen LogP contribution in [0.25, 0.3) is 0 Å². The molecule has 82 valence electrons. The van der Waals surface area contributed by atoms with Gasteiger partial charge in [-0.2, -0.15) is 0 Å². The van der Waals surface area contributed by atoms with Crippen molar-refractivity contribution in [3.63, 3.8) is 0 Å². The van der Waals surface area contributed by atoms with Gasteiger partial charge in [0, 0.05) is 18.8 Å². The van der Waals surface area contributed by atoms with Gasteiger partial charge in [0.05, 0.1) is 6.17 Å². The minimum atomic E-state index is 0.452. The predicted molar refractivity (Wildman–Crippen MR) is 65.0 cm³/mol. The Morgan fingerprint density at radius 3 is 2.40 bits per heavy atom. The van der Waals surface area contributed by atoms with E-state index in [1.165, 1.54) is 38.0 Å². The van der Waals surface area contributed by atoms with Gasteiger partial charge in [0.2, 0.25) is 0 Å². The number of likely N-dealkylation sites (tertiary alicyclic amines) is 1. The normalized spacial score (nSPS) is 19.8. The molecule has 15 heavy (non-hydrogen) atoms. The van der Waals surface area contributed by atoms with Crippen LogP contribution in [0.3, 0.4) is 0 Å². The number of hydrogen-bond donors (Lipinski definition) is 1.